The van der Waals surface area contributed by atoms with Crippen LogP contribution in [0.3, 0.4) is 0 Å². The summed E-state index contributed by atoms with van der Waals surface area (Å²) < 4.78 is 15.7. The Morgan fingerprint density at radius 1 is 0.967 bits per heavy atom. The molecule has 0 spiro atoms. The van der Waals surface area contributed by atoms with Crippen LogP contribution < -0.4 is 5.32 Å². The SMILES string of the molecule is CC(C)[C@H](NC(=O)OCc1ccccc1)C(=O)OCC(=O)c1cc2ccccc2o1. The lowest BCUT2D eigenvalue weighted by Crippen LogP contribution is -2.45. The Bertz CT molecular complexity index is 991. The van der Waals surface area contributed by atoms with Gasteiger partial charge in [0.05, 0.1) is 0 Å². The van der Waals surface area contributed by atoms with Crippen molar-refractivity contribution in [3.8, 4) is 0 Å². The Kier molecular flexibility index (Phi) is 6.85. The number of carbonyl (C=O) groups is 3. The first-order valence-corrected chi connectivity index (χ1v) is 9.59. The zero-order chi connectivity index (χ0) is 21.5. The molecule has 0 aliphatic rings. The van der Waals surface area contributed by atoms with Gasteiger partial charge in [-0.2, -0.15) is 0 Å². The van der Waals surface area contributed by atoms with Crippen LogP contribution >= 0.6 is 0 Å². The van der Waals surface area contributed by atoms with E-state index in [4.69, 9.17) is 13.9 Å². The van der Waals surface area contributed by atoms with E-state index in [9.17, 15) is 14.4 Å². The highest BCUT2D eigenvalue weighted by Gasteiger charge is 2.27. The van der Waals surface area contributed by atoms with Crippen molar-refractivity contribution in [3.63, 3.8) is 0 Å². The third kappa shape index (κ3) is 5.47. The van der Waals surface area contributed by atoms with Gasteiger partial charge in [0.2, 0.25) is 5.78 Å². The van der Waals surface area contributed by atoms with Gasteiger partial charge in [-0.3, -0.25) is 4.79 Å². The van der Waals surface area contributed by atoms with Gasteiger partial charge in [0.15, 0.2) is 12.4 Å². The fourth-order valence-corrected chi connectivity index (χ4v) is 2.81. The molecule has 0 fully saturated rings. The van der Waals surface area contributed by atoms with Crippen LogP contribution in [0.5, 0.6) is 0 Å². The van der Waals surface area contributed by atoms with Crippen molar-refractivity contribution in [1.82, 2.24) is 5.32 Å². The van der Waals surface area contributed by atoms with E-state index in [-0.39, 0.29) is 18.3 Å². The lowest BCUT2D eigenvalue weighted by molar-refractivity contribution is -0.146. The summed E-state index contributed by atoms with van der Waals surface area (Å²) in [5, 5.41) is 3.29. The van der Waals surface area contributed by atoms with Gasteiger partial charge in [-0.15, -0.1) is 0 Å². The second-order valence-corrected chi connectivity index (χ2v) is 7.11. The number of ketones is 1. The average molecular weight is 409 g/mol. The molecule has 0 bridgehead atoms. The van der Waals surface area contributed by atoms with Gasteiger partial charge in [0, 0.05) is 5.39 Å². The number of ether oxygens (including phenoxy) is 2. The van der Waals surface area contributed by atoms with Crippen molar-refractivity contribution >= 4 is 28.8 Å². The van der Waals surface area contributed by atoms with E-state index in [1.807, 2.05) is 42.5 Å². The van der Waals surface area contributed by atoms with E-state index in [2.05, 4.69) is 5.32 Å². The summed E-state index contributed by atoms with van der Waals surface area (Å²) in [5.74, 6) is -1.33. The molecule has 1 heterocycles. The number of esters is 1. The Morgan fingerprint density at radius 3 is 2.37 bits per heavy atom. The summed E-state index contributed by atoms with van der Waals surface area (Å²) in [4.78, 5) is 36.8. The molecule has 0 unspecified atom stereocenters. The summed E-state index contributed by atoms with van der Waals surface area (Å²) in [6.07, 6.45) is -0.738. The molecule has 0 aliphatic carbocycles. The predicted molar refractivity (Wildman–Crippen MR) is 110 cm³/mol. The molecule has 30 heavy (non-hydrogen) atoms. The number of hydrogen-bond acceptors (Lipinski definition) is 6. The highest BCUT2D eigenvalue weighted by atomic mass is 16.6. The van der Waals surface area contributed by atoms with Crippen molar-refractivity contribution in [2.45, 2.75) is 26.5 Å². The van der Waals surface area contributed by atoms with Crippen LogP contribution in [-0.4, -0.2) is 30.5 Å². The smallest absolute Gasteiger partial charge is 0.408 e. The fourth-order valence-electron chi connectivity index (χ4n) is 2.81. The maximum absolute atomic E-state index is 12.4. The summed E-state index contributed by atoms with van der Waals surface area (Å²) in [6.45, 7) is 3.11. The molecule has 1 atom stereocenters. The molecule has 0 saturated heterocycles. The molecule has 1 amide bonds. The number of benzene rings is 2. The molecule has 0 saturated carbocycles. The minimum atomic E-state index is -0.947. The summed E-state index contributed by atoms with van der Waals surface area (Å²) in [7, 11) is 0. The van der Waals surface area contributed by atoms with Gasteiger partial charge in [-0.05, 0) is 23.6 Å². The van der Waals surface area contributed by atoms with Crippen LogP contribution in [0.1, 0.15) is 30.0 Å². The van der Waals surface area contributed by atoms with Crippen LogP contribution in [0.2, 0.25) is 0 Å². The fraction of sp³-hybridized carbons (Fsp3) is 0.261. The monoisotopic (exact) mass is 409 g/mol. The Balaban J connectivity index is 1.53. The molecular weight excluding hydrogens is 386 g/mol. The third-order valence-electron chi connectivity index (χ3n) is 4.45. The molecular formula is C23H23NO6. The van der Waals surface area contributed by atoms with Crippen molar-refractivity contribution in [2.24, 2.45) is 5.92 Å². The second-order valence-electron chi connectivity index (χ2n) is 7.11. The van der Waals surface area contributed by atoms with Gasteiger partial charge in [-0.1, -0.05) is 62.4 Å². The number of fused-ring (bicyclic) bond motifs is 1. The molecule has 3 rings (SSSR count). The van der Waals surface area contributed by atoms with Crippen LogP contribution in [0, 0.1) is 5.92 Å². The summed E-state index contributed by atoms with van der Waals surface area (Å²) in [5.41, 5.74) is 1.41. The zero-order valence-electron chi connectivity index (χ0n) is 16.8. The minimum Gasteiger partial charge on any atom is -0.456 e. The lowest BCUT2D eigenvalue weighted by Gasteiger charge is -2.20. The maximum atomic E-state index is 12.4. The lowest BCUT2D eigenvalue weighted by atomic mass is 10.1. The van der Waals surface area contributed by atoms with Gasteiger partial charge >= 0.3 is 12.1 Å². The van der Waals surface area contributed by atoms with Gasteiger partial charge in [-0.25, -0.2) is 9.59 Å². The highest BCUT2D eigenvalue weighted by Crippen LogP contribution is 2.19. The van der Waals surface area contributed by atoms with Crippen LogP contribution in [-0.2, 0) is 20.9 Å². The number of carbonyl (C=O) groups excluding carboxylic acids is 3. The number of alkyl carbamates (subject to hydrolysis) is 1. The molecule has 7 nitrogen and oxygen atoms in total. The summed E-state index contributed by atoms with van der Waals surface area (Å²) >= 11 is 0. The zero-order valence-corrected chi connectivity index (χ0v) is 16.8. The Morgan fingerprint density at radius 2 is 1.67 bits per heavy atom. The van der Waals surface area contributed by atoms with Crippen molar-refractivity contribution in [1.29, 1.82) is 0 Å². The van der Waals surface area contributed by atoms with Crippen molar-refractivity contribution in [2.75, 3.05) is 6.61 Å². The second kappa shape index (κ2) is 9.73. The number of amides is 1. The van der Waals surface area contributed by atoms with Crippen LogP contribution in [0.15, 0.2) is 65.1 Å². The van der Waals surface area contributed by atoms with E-state index in [1.54, 1.807) is 32.0 Å². The number of nitrogens with one attached hydrogen (secondary N) is 1. The number of furan rings is 1. The standard InChI is InChI=1S/C23H23NO6/c1-15(2)21(24-23(27)29-13-16-8-4-3-5-9-16)22(26)28-14-18(25)20-12-17-10-6-7-11-19(17)30-20/h3-12,15,21H,13-14H2,1-2H3,(H,24,27)/t21-/m0/s1. The first kappa shape index (κ1) is 21.1. The quantitative estimate of drug-likeness (QED) is 0.444. The Labute approximate surface area is 174 Å². The van der Waals surface area contributed by atoms with Gasteiger partial charge in [0.25, 0.3) is 0 Å². The number of hydrogen-bond donors (Lipinski definition) is 1. The highest BCUT2D eigenvalue weighted by molar-refractivity contribution is 5.99. The Hall–Kier alpha value is -3.61. The molecule has 1 N–H and O–H groups in total. The number of rotatable bonds is 8. The first-order chi connectivity index (χ1) is 14.4. The van der Waals surface area contributed by atoms with Gasteiger partial charge in [0.1, 0.15) is 18.2 Å². The summed E-state index contributed by atoms with van der Waals surface area (Å²) in [6, 6.07) is 17.0. The number of para-hydroxylation sites is 1. The molecule has 156 valence electrons. The predicted octanol–water partition coefficient (Wildman–Crippen LogP) is 4.11. The average Bonchev–Trinajstić information content (AvgIpc) is 3.19. The number of Topliss-reactive ketones (excluding diaryl/α,β-unsaturated/α-hetero) is 1. The first-order valence-electron chi connectivity index (χ1n) is 9.59. The minimum absolute atomic E-state index is 0.0804. The van der Waals surface area contributed by atoms with E-state index < -0.39 is 30.5 Å². The molecule has 7 heteroatoms. The third-order valence-corrected chi connectivity index (χ3v) is 4.45. The topological polar surface area (TPSA) is 94.8 Å². The molecule has 2 aromatic carbocycles. The van der Waals surface area contributed by atoms with Crippen LogP contribution in [0.4, 0.5) is 4.79 Å². The van der Waals surface area contributed by atoms with E-state index >= 15 is 0 Å². The maximum Gasteiger partial charge on any atom is 0.408 e. The molecule has 0 radical (unpaired) electrons. The van der Waals surface area contributed by atoms with E-state index in [0.29, 0.717) is 5.58 Å². The largest absolute Gasteiger partial charge is 0.456 e. The van der Waals surface area contributed by atoms with Crippen molar-refractivity contribution < 1.29 is 28.3 Å². The van der Waals surface area contributed by atoms with Gasteiger partial charge < -0.3 is 19.2 Å². The van der Waals surface area contributed by atoms with Crippen molar-refractivity contribution in [3.05, 3.63) is 72.0 Å². The molecule has 0 aliphatic heterocycles. The van der Waals surface area contributed by atoms with E-state index in [1.165, 1.54) is 0 Å². The van der Waals surface area contributed by atoms with E-state index in [0.717, 1.165) is 10.9 Å². The molecule has 3 aromatic rings. The molecule has 1 aromatic heterocycles. The normalized spacial score (nSPS) is 11.8. The van der Waals surface area contributed by atoms with Crippen LogP contribution in [0.25, 0.3) is 11.0 Å².